The maximum atomic E-state index is 5.28. The lowest BCUT2D eigenvalue weighted by atomic mass is 10.3. The maximum absolute atomic E-state index is 5.28. The van der Waals surface area contributed by atoms with Crippen molar-refractivity contribution >= 4 is 0 Å². The van der Waals surface area contributed by atoms with Gasteiger partial charge in [0, 0.05) is 32.4 Å². The van der Waals surface area contributed by atoms with E-state index < -0.39 is 0 Å². The highest BCUT2D eigenvalue weighted by molar-refractivity contribution is 4.89. The molecule has 4 N–H and O–H groups in total. The number of rotatable bonds is 6. The van der Waals surface area contributed by atoms with Crippen LogP contribution >= 0.6 is 0 Å². The first-order valence-electron chi connectivity index (χ1n) is 3.57. The Kier molecular flexibility index (Phi) is 6.22. The minimum absolute atomic E-state index is 0.700. The van der Waals surface area contributed by atoms with Gasteiger partial charge < -0.3 is 16.4 Å². The molecule has 0 aliphatic heterocycles. The molecule has 0 aliphatic carbocycles. The summed E-state index contributed by atoms with van der Waals surface area (Å²) >= 11 is 0. The Morgan fingerprint density at radius 3 is 2.70 bits per heavy atom. The molecule has 0 atom stereocenters. The molecular formula is C7H17N3. The molecule has 0 unspecified atom stereocenters. The lowest BCUT2D eigenvalue weighted by molar-refractivity contribution is 0.672. The van der Waals surface area contributed by atoms with Crippen LogP contribution in [0.15, 0.2) is 12.3 Å². The van der Waals surface area contributed by atoms with Gasteiger partial charge in [0.2, 0.25) is 0 Å². The van der Waals surface area contributed by atoms with E-state index in [1.807, 2.05) is 7.05 Å². The molecule has 60 valence electrons. The highest BCUT2D eigenvalue weighted by Crippen LogP contribution is 1.87. The second-order valence-corrected chi connectivity index (χ2v) is 2.14. The molecule has 0 aromatic rings. The van der Waals surface area contributed by atoms with Crippen LogP contribution in [0, 0.1) is 0 Å². The predicted octanol–water partition coefficient (Wildman–Crippen LogP) is -0.342. The van der Waals surface area contributed by atoms with E-state index in [4.69, 9.17) is 5.73 Å². The molecular weight excluding hydrogens is 126 g/mol. The third kappa shape index (κ3) is 5.59. The summed E-state index contributed by atoms with van der Waals surface area (Å²) in [6.45, 7) is 6.33. The summed E-state index contributed by atoms with van der Waals surface area (Å²) in [5.41, 5.74) is 6.34. The molecule has 0 amide bonds. The Bertz CT molecular complexity index is 90.9. The highest BCUT2D eigenvalue weighted by Gasteiger charge is 1.88. The fraction of sp³-hybridized carbons (Fsp3) is 0.714. The van der Waals surface area contributed by atoms with Gasteiger partial charge in [-0.3, -0.25) is 0 Å². The van der Waals surface area contributed by atoms with Gasteiger partial charge in [0.15, 0.2) is 0 Å². The van der Waals surface area contributed by atoms with Crippen molar-refractivity contribution in [3.05, 3.63) is 12.3 Å². The second-order valence-electron chi connectivity index (χ2n) is 2.14. The summed E-state index contributed by atoms with van der Waals surface area (Å²) in [7, 11) is 1.88. The van der Waals surface area contributed by atoms with E-state index in [2.05, 4.69) is 17.2 Å². The fourth-order valence-electron chi connectivity index (χ4n) is 0.591. The number of nitrogens with one attached hydrogen (secondary N) is 2. The zero-order chi connectivity index (χ0) is 7.82. The van der Waals surface area contributed by atoms with Gasteiger partial charge in [0.05, 0.1) is 0 Å². The third-order valence-electron chi connectivity index (χ3n) is 1.28. The van der Waals surface area contributed by atoms with E-state index in [1.165, 1.54) is 0 Å². The van der Waals surface area contributed by atoms with Crippen LogP contribution in [0.1, 0.15) is 6.42 Å². The van der Waals surface area contributed by atoms with E-state index >= 15 is 0 Å². The Morgan fingerprint density at radius 2 is 2.20 bits per heavy atom. The molecule has 0 saturated carbocycles. The highest BCUT2D eigenvalue weighted by atomic mass is 14.9. The van der Waals surface area contributed by atoms with Crippen molar-refractivity contribution in [2.45, 2.75) is 6.42 Å². The van der Waals surface area contributed by atoms with Crippen LogP contribution in [0.4, 0.5) is 0 Å². The molecule has 0 aromatic heterocycles. The van der Waals surface area contributed by atoms with Crippen molar-refractivity contribution in [3.63, 3.8) is 0 Å². The SMILES string of the molecule is C=C(CCNCCN)NC. The van der Waals surface area contributed by atoms with E-state index in [0.29, 0.717) is 6.54 Å². The van der Waals surface area contributed by atoms with Crippen molar-refractivity contribution in [1.29, 1.82) is 0 Å². The molecule has 0 bridgehead atoms. The van der Waals surface area contributed by atoms with Gasteiger partial charge in [0.1, 0.15) is 0 Å². The van der Waals surface area contributed by atoms with Gasteiger partial charge in [-0.1, -0.05) is 6.58 Å². The Morgan fingerprint density at radius 1 is 1.50 bits per heavy atom. The monoisotopic (exact) mass is 143 g/mol. The summed E-state index contributed by atoms with van der Waals surface area (Å²) < 4.78 is 0. The molecule has 0 aromatic carbocycles. The van der Waals surface area contributed by atoms with Crippen molar-refractivity contribution in [2.24, 2.45) is 5.73 Å². The smallest absolute Gasteiger partial charge is 0.00746 e. The summed E-state index contributed by atoms with van der Waals surface area (Å²) in [6, 6.07) is 0. The van der Waals surface area contributed by atoms with Gasteiger partial charge in [0.25, 0.3) is 0 Å². The average molecular weight is 143 g/mol. The molecule has 0 heterocycles. The molecule has 0 saturated heterocycles. The normalized spacial score (nSPS) is 9.40. The second kappa shape index (κ2) is 6.58. The zero-order valence-corrected chi connectivity index (χ0v) is 6.61. The topological polar surface area (TPSA) is 50.1 Å². The van der Waals surface area contributed by atoms with E-state index in [9.17, 15) is 0 Å². The molecule has 3 nitrogen and oxygen atoms in total. The Labute approximate surface area is 62.7 Å². The molecule has 0 fully saturated rings. The summed E-state index contributed by atoms with van der Waals surface area (Å²) in [6.07, 6.45) is 0.969. The van der Waals surface area contributed by atoms with E-state index in [0.717, 1.165) is 25.2 Å². The largest absolute Gasteiger partial charge is 0.392 e. The van der Waals surface area contributed by atoms with Gasteiger partial charge in [-0.05, 0) is 6.42 Å². The maximum Gasteiger partial charge on any atom is 0.00746 e. The van der Waals surface area contributed by atoms with Crippen LogP contribution in [-0.4, -0.2) is 26.7 Å². The van der Waals surface area contributed by atoms with E-state index in [-0.39, 0.29) is 0 Å². The van der Waals surface area contributed by atoms with Crippen LogP contribution < -0.4 is 16.4 Å². The molecule has 0 aliphatic rings. The van der Waals surface area contributed by atoms with Gasteiger partial charge in [-0.15, -0.1) is 0 Å². The van der Waals surface area contributed by atoms with Crippen molar-refractivity contribution in [3.8, 4) is 0 Å². The van der Waals surface area contributed by atoms with Gasteiger partial charge in [-0.2, -0.15) is 0 Å². The molecule has 0 rings (SSSR count). The van der Waals surface area contributed by atoms with Gasteiger partial charge in [-0.25, -0.2) is 0 Å². The van der Waals surface area contributed by atoms with Crippen LogP contribution in [0.5, 0.6) is 0 Å². The minimum atomic E-state index is 0.700. The predicted molar refractivity (Wildman–Crippen MR) is 44.7 cm³/mol. The zero-order valence-electron chi connectivity index (χ0n) is 6.61. The summed E-state index contributed by atoms with van der Waals surface area (Å²) in [5.74, 6) is 0. The van der Waals surface area contributed by atoms with Crippen LogP contribution in [0.2, 0.25) is 0 Å². The van der Waals surface area contributed by atoms with Crippen molar-refractivity contribution in [2.75, 3.05) is 26.7 Å². The quantitative estimate of drug-likeness (QED) is 0.446. The van der Waals surface area contributed by atoms with Crippen LogP contribution in [-0.2, 0) is 0 Å². The average Bonchev–Trinajstić information content (AvgIpc) is 1.98. The van der Waals surface area contributed by atoms with E-state index in [1.54, 1.807) is 0 Å². The van der Waals surface area contributed by atoms with Crippen molar-refractivity contribution < 1.29 is 0 Å². The molecule has 0 radical (unpaired) electrons. The third-order valence-corrected chi connectivity index (χ3v) is 1.28. The van der Waals surface area contributed by atoms with Crippen LogP contribution in [0.25, 0.3) is 0 Å². The fourth-order valence-corrected chi connectivity index (χ4v) is 0.591. The molecule has 10 heavy (non-hydrogen) atoms. The molecule has 3 heteroatoms. The number of nitrogens with two attached hydrogens (primary N) is 1. The minimum Gasteiger partial charge on any atom is -0.392 e. The first-order chi connectivity index (χ1) is 4.81. The number of hydrogen-bond acceptors (Lipinski definition) is 3. The van der Waals surface area contributed by atoms with Gasteiger partial charge >= 0.3 is 0 Å². The molecule has 0 spiro atoms. The summed E-state index contributed by atoms with van der Waals surface area (Å²) in [4.78, 5) is 0. The van der Waals surface area contributed by atoms with Crippen LogP contribution in [0.3, 0.4) is 0 Å². The van der Waals surface area contributed by atoms with Crippen molar-refractivity contribution in [1.82, 2.24) is 10.6 Å². The lowest BCUT2D eigenvalue weighted by Crippen LogP contribution is -2.24. The Balaban J connectivity index is 2.96. The first-order valence-corrected chi connectivity index (χ1v) is 3.57. The Hall–Kier alpha value is -0.540. The standard InChI is InChI=1S/C7H17N3/c1-7(9-2)3-5-10-6-4-8/h9-10H,1,3-6,8H2,2H3. The lowest BCUT2D eigenvalue weighted by Gasteiger charge is -2.04. The summed E-state index contributed by atoms with van der Waals surface area (Å²) in [5, 5.41) is 6.15. The first kappa shape index (κ1) is 9.46. The number of hydrogen-bond donors (Lipinski definition) is 3.